The monoisotopic (exact) mass is 288 g/mol. The standard InChI is InChI=1S/C17H20O4/c1-10(2)9-19-13-6-7-15-14(8-13)16(12(5)21-15)17(18)20-11(3)4/h6-8,11H,1,9H2,2-5H3. The van der Waals surface area contributed by atoms with Crippen LogP contribution in [0.15, 0.2) is 34.8 Å². The molecule has 0 aliphatic carbocycles. The van der Waals surface area contributed by atoms with Crippen molar-refractivity contribution in [1.29, 1.82) is 0 Å². The van der Waals surface area contributed by atoms with E-state index in [1.54, 1.807) is 19.1 Å². The Labute approximate surface area is 124 Å². The summed E-state index contributed by atoms with van der Waals surface area (Å²) >= 11 is 0. The third kappa shape index (κ3) is 3.45. The first-order valence-corrected chi connectivity index (χ1v) is 6.89. The lowest BCUT2D eigenvalue weighted by Crippen LogP contribution is -2.12. The zero-order valence-electron chi connectivity index (χ0n) is 12.9. The van der Waals surface area contributed by atoms with Gasteiger partial charge in [-0.25, -0.2) is 4.79 Å². The highest BCUT2D eigenvalue weighted by Gasteiger charge is 2.21. The van der Waals surface area contributed by atoms with E-state index in [1.807, 2.05) is 26.8 Å². The predicted octanol–water partition coefficient (Wildman–Crippen LogP) is 4.26. The second kappa shape index (κ2) is 6.04. The Bertz CT molecular complexity index is 679. The van der Waals surface area contributed by atoms with Gasteiger partial charge in [0.25, 0.3) is 0 Å². The molecule has 0 saturated heterocycles. The average molecular weight is 288 g/mol. The summed E-state index contributed by atoms with van der Waals surface area (Å²) in [7, 11) is 0. The average Bonchev–Trinajstić information content (AvgIpc) is 2.70. The maximum atomic E-state index is 12.2. The first-order valence-electron chi connectivity index (χ1n) is 6.89. The largest absolute Gasteiger partial charge is 0.489 e. The smallest absolute Gasteiger partial charge is 0.342 e. The van der Waals surface area contributed by atoms with Gasteiger partial charge in [0, 0.05) is 5.39 Å². The van der Waals surface area contributed by atoms with Gasteiger partial charge in [0.15, 0.2) is 0 Å². The van der Waals surface area contributed by atoms with Gasteiger partial charge in [-0.3, -0.25) is 0 Å². The number of fused-ring (bicyclic) bond motifs is 1. The van der Waals surface area contributed by atoms with Gasteiger partial charge < -0.3 is 13.9 Å². The Balaban J connectivity index is 2.39. The van der Waals surface area contributed by atoms with E-state index in [2.05, 4.69) is 6.58 Å². The molecule has 0 N–H and O–H groups in total. The van der Waals surface area contributed by atoms with E-state index >= 15 is 0 Å². The van der Waals surface area contributed by atoms with Crippen molar-refractivity contribution < 1.29 is 18.7 Å². The third-order valence-corrected chi connectivity index (χ3v) is 2.87. The molecule has 21 heavy (non-hydrogen) atoms. The van der Waals surface area contributed by atoms with Crippen LogP contribution in [-0.2, 0) is 4.74 Å². The zero-order valence-corrected chi connectivity index (χ0v) is 12.9. The minimum atomic E-state index is -0.377. The molecule has 4 heteroatoms. The molecule has 1 aromatic carbocycles. The first-order chi connectivity index (χ1) is 9.88. The molecule has 2 rings (SSSR count). The second-order valence-electron chi connectivity index (χ2n) is 5.39. The molecule has 0 atom stereocenters. The van der Waals surface area contributed by atoms with Crippen LogP contribution in [0.1, 0.15) is 36.9 Å². The Morgan fingerprint density at radius 1 is 1.38 bits per heavy atom. The summed E-state index contributed by atoms with van der Waals surface area (Å²) in [6, 6.07) is 5.40. The predicted molar refractivity (Wildman–Crippen MR) is 81.8 cm³/mol. The van der Waals surface area contributed by atoms with Crippen LogP contribution < -0.4 is 4.74 Å². The topological polar surface area (TPSA) is 48.7 Å². The number of hydrogen-bond acceptors (Lipinski definition) is 4. The highest BCUT2D eigenvalue weighted by Crippen LogP contribution is 2.30. The molecule has 112 valence electrons. The van der Waals surface area contributed by atoms with E-state index in [0.29, 0.717) is 34.6 Å². The number of hydrogen-bond donors (Lipinski definition) is 0. The molecule has 0 aliphatic rings. The Hall–Kier alpha value is -2.23. The number of ether oxygens (including phenoxy) is 2. The van der Waals surface area contributed by atoms with Crippen LogP contribution in [0.5, 0.6) is 5.75 Å². The van der Waals surface area contributed by atoms with Gasteiger partial charge in [-0.05, 0) is 51.5 Å². The van der Waals surface area contributed by atoms with Crippen molar-refractivity contribution in [3.63, 3.8) is 0 Å². The highest BCUT2D eigenvalue weighted by atomic mass is 16.5. The van der Waals surface area contributed by atoms with Crippen LogP contribution in [-0.4, -0.2) is 18.7 Å². The zero-order chi connectivity index (χ0) is 15.6. The van der Waals surface area contributed by atoms with E-state index in [9.17, 15) is 4.79 Å². The first kappa shape index (κ1) is 15.2. The number of furan rings is 1. The molecule has 1 heterocycles. The van der Waals surface area contributed by atoms with E-state index in [-0.39, 0.29) is 12.1 Å². The molecular weight excluding hydrogens is 268 g/mol. The molecule has 0 amide bonds. The van der Waals surface area contributed by atoms with Crippen LogP contribution in [0.3, 0.4) is 0 Å². The van der Waals surface area contributed by atoms with Gasteiger partial charge in [-0.2, -0.15) is 0 Å². The molecule has 0 radical (unpaired) electrons. The molecule has 0 spiro atoms. The summed E-state index contributed by atoms with van der Waals surface area (Å²) in [6.07, 6.45) is -0.176. The van der Waals surface area contributed by atoms with Gasteiger partial charge in [0.05, 0.1) is 6.10 Å². The van der Waals surface area contributed by atoms with Crippen molar-refractivity contribution in [2.24, 2.45) is 0 Å². The number of carbonyl (C=O) groups excluding carboxylic acids is 1. The van der Waals surface area contributed by atoms with E-state index in [0.717, 1.165) is 5.57 Å². The molecule has 4 nitrogen and oxygen atoms in total. The van der Waals surface area contributed by atoms with Gasteiger partial charge in [-0.15, -0.1) is 0 Å². The van der Waals surface area contributed by atoms with Crippen LogP contribution in [0.4, 0.5) is 0 Å². The lowest BCUT2D eigenvalue weighted by Gasteiger charge is -2.08. The molecule has 1 aromatic heterocycles. The summed E-state index contributed by atoms with van der Waals surface area (Å²) in [5, 5.41) is 0.706. The molecule has 2 aromatic rings. The number of rotatable bonds is 5. The Morgan fingerprint density at radius 2 is 2.10 bits per heavy atom. The molecule has 0 saturated carbocycles. The van der Waals surface area contributed by atoms with Crippen molar-refractivity contribution in [1.82, 2.24) is 0 Å². The fourth-order valence-corrected chi connectivity index (χ4v) is 2.02. The van der Waals surface area contributed by atoms with Gasteiger partial charge in [0.1, 0.15) is 29.3 Å². The Kier molecular flexibility index (Phi) is 4.36. The summed E-state index contributed by atoms with van der Waals surface area (Å²) in [5.74, 6) is 0.843. The van der Waals surface area contributed by atoms with Crippen LogP contribution in [0, 0.1) is 6.92 Å². The van der Waals surface area contributed by atoms with Gasteiger partial charge >= 0.3 is 5.97 Å². The van der Waals surface area contributed by atoms with Gasteiger partial charge in [-0.1, -0.05) is 6.58 Å². The van der Waals surface area contributed by atoms with Gasteiger partial charge in [0.2, 0.25) is 0 Å². The highest BCUT2D eigenvalue weighted by molar-refractivity contribution is 6.04. The van der Waals surface area contributed by atoms with Crippen LogP contribution in [0.2, 0.25) is 0 Å². The minimum Gasteiger partial charge on any atom is -0.489 e. The third-order valence-electron chi connectivity index (χ3n) is 2.87. The van der Waals surface area contributed by atoms with E-state index in [1.165, 1.54) is 0 Å². The van der Waals surface area contributed by atoms with Crippen LogP contribution in [0.25, 0.3) is 11.0 Å². The van der Waals surface area contributed by atoms with Crippen molar-refractivity contribution in [2.75, 3.05) is 6.61 Å². The van der Waals surface area contributed by atoms with E-state index < -0.39 is 0 Å². The summed E-state index contributed by atoms with van der Waals surface area (Å²) < 4.78 is 16.5. The number of aryl methyl sites for hydroxylation is 1. The minimum absolute atomic E-state index is 0.176. The maximum Gasteiger partial charge on any atom is 0.342 e. The summed E-state index contributed by atoms with van der Waals surface area (Å²) in [5.41, 5.74) is 2.03. The lowest BCUT2D eigenvalue weighted by atomic mass is 10.1. The fraction of sp³-hybridized carbons (Fsp3) is 0.353. The number of benzene rings is 1. The quantitative estimate of drug-likeness (QED) is 0.609. The molecule has 0 bridgehead atoms. The van der Waals surface area contributed by atoms with Crippen molar-refractivity contribution in [3.05, 3.63) is 41.7 Å². The van der Waals surface area contributed by atoms with E-state index in [4.69, 9.17) is 13.9 Å². The fourth-order valence-electron chi connectivity index (χ4n) is 2.02. The molecule has 0 fully saturated rings. The normalized spacial score (nSPS) is 10.9. The van der Waals surface area contributed by atoms with Crippen LogP contribution >= 0.6 is 0 Å². The summed E-state index contributed by atoms with van der Waals surface area (Å²) in [4.78, 5) is 12.2. The van der Waals surface area contributed by atoms with Crippen molar-refractivity contribution in [3.8, 4) is 5.75 Å². The van der Waals surface area contributed by atoms with Crippen molar-refractivity contribution >= 4 is 16.9 Å². The second-order valence-corrected chi connectivity index (χ2v) is 5.39. The molecule has 0 aliphatic heterocycles. The lowest BCUT2D eigenvalue weighted by molar-refractivity contribution is 0.0378. The molecule has 0 unspecified atom stereocenters. The van der Waals surface area contributed by atoms with Crippen molar-refractivity contribution in [2.45, 2.75) is 33.8 Å². The SMILES string of the molecule is C=C(C)COc1ccc2oc(C)c(C(=O)OC(C)C)c2c1. The Morgan fingerprint density at radius 3 is 2.71 bits per heavy atom. The summed E-state index contributed by atoms with van der Waals surface area (Å²) in [6.45, 7) is 11.5. The molecular formula is C17H20O4. The number of esters is 1. The number of carbonyl (C=O) groups is 1. The maximum absolute atomic E-state index is 12.2.